The van der Waals surface area contributed by atoms with Crippen LogP contribution in [0.4, 0.5) is 0 Å². The van der Waals surface area contributed by atoms with Crippen LogP contribution in [0.5, 0.6) is 0 Å². The van der Waals surface area contributed by atoms with Gasteiger partial charge in [0.1, 0.15) is 0 Å². The normalized spacial score (nSPS) is 28.5. The summed E-state index contributed by atoms with van der Waals surface area (Å²) < 4.78 is 4.58. The lowest BCUT2D eigenvalue weighted by Gasteiger charge is -2.21. The zero-order chi connectivity index (χ0) is 18.9. The molecule has 2 rings (SSSR count). The summed E-state index contributed by atoms with van der Waals surface area (Å²) in [6.45, 7) is 2.44. The van der Waals surface area contributed by atoms with Crippen LogP contribution in [-0.2, 0) is 14.4 Å². The van der Waals surface area contributed by atoms with Crippen molar-refractivity contribution >= 4 is 5.97 Å². The van der Waals surface area contributed by atoms with Crippen molar-refractivity contribution in [3.8, 4) is 0 Å². The second kappa shape index (κ2) is 10.9. The summed E-state index contributed by atoms with van der Waals surface area (Å²) in [4.78, 5) is 16.4. The summed E-state index contributed by atoms with van der Waals surface area (Å²) in [7, 11) is 1.36. The van der Waals surface area contributed by atoms with Gasteiger partial charge in [0, 0.05) is 5.70 Å². The predicted molar refractivity (Wildman–Crippen MR) is 98.9 cm³/mol. The topological polar surface area (TPSA) is 88.0 Å². The van der Waals surface area contributed by atoms with Gasteiger partial charge >= 0.3 is 5.97 Å². The molecule has 6 nitrogen and oxygen atoms in total. The molecule has 0 aliphatic heterocycles. The number of allylic oxidation sites excluding steroid dienone is 2. The third kappa shape index (κ3) is 6.25. The molecule has 3 N–H and O–H groups in total. The van der Waals surface area contributed by atoms with Crippen molar-refractivity contribution in [1.29, 1.82) is 0 Å². The van der Waals surface area contributed by atoms with E-state index in [9.17, 15) is 15.0 Å². The average Bonchev–Trinajstić information content (AvgIpc) is 3.13. The smallest absolute Gasteiger partial charge is 0.307 e. The summed E-state index contributed by atoms with van der Waals surface area (Å²) in [5, 5.41) is 20.6. The molecule has 0 amide bonds. The van der Waals surface area contributed by atoms with Crippen LogP contribution in [0.15, 0.2) is 11.8 Å². The van der Waals surface area contributed by atoms with Crippen molar-refractivity contribution in [2.45, 2.75) is 76.9 Å². The first-order valence-electron chi connectivity index (χ1n) is 10.1. The van der Waals surface area contributed by atoms with Gasteiger partial charge in [-0.15, -0.1) is 0 Å². The van der Waals surface area contributed by atoms with Crippen LogP contribution in [0.1, 0.15) is 64.7 Å². The number of ether oxygens (including phenoxy) is 1. The van der Waals surface area contributed by atoms with Gasteiger partial charge in [-0.1, -0.05) is 32.3 Å². The van der Waals surface area contributed by atoms with Crippen LogP contribution in [0, 0.1) is 17.8 Å². The Hall–Kier alpha value is -1.11. The van der Waals surface area contributed by atoms with E-state index in [-0.39, 0.29) is 37.1 Å². The van der Waals surface area contributed by atoms with E-state index >= 15 is 0 Å². The Morgan fingerprint density at radius 3 is 2.92 bits per heavy atom. The Morgan fingerprint density at radius 2 is 2.19 bits per heavy atom. The Morgan fingerprint density at radius 1 is 1.38 bits per heavy atom. The molecule has 0 spiro atoms. The number of carbonyl (C=O) groups is 1. The molecule has 0 saturated heterocycles. The second-order valence-electron chi connectivity index (χ2n) is 7.70. The quantitative estimate of drug-likeness (QED) is 0.278. The lowest BCUT2D eigenvalue weighted by molar-refractivity contribution is -0.142. The highest BCUT2D eigenvalue weighted by molar-refractivity contribution is 5.69. The number of aliphatic hydroxyl groups excluding tert-OH is 2. The molecule has 5 atom stereocenters. The van der Waals surface area contributed by atoms with E-state index in [1.54, 1.807) is 0 Å². The van der Waals surface area contributed by atoms with Crippen LogP contribution >= 0.6 is 0 Å². The summed E-state index contributed by atoms with van der Waals surface area (Å²) >= 11 is 0. The van der Waals surface area contributed by atoms with E-state index in [0.717, 1.165) is 44.2 Å². The second-order valence-corrected chi connectivity index (χ2v) is 7.70. The average molecular weight is 370 g/mol. The van der Waals surface area contributed by atoms with Gasteiger partial charge in [-0.3, -0.25) is 15.1 Å². The number of aliphatic hydroxyl groups is 2. The lowest BCUT2D eigenvalue weighted by Crippen LogP contribution is -2.21. The third-order valence-electron chi connectivity index (χ3n) is 5.77. The van der Waals surface area contributed by atoms with E-state index < -0.39 is 0 Å². The first-order chi connectivity index (χ1) is 12.5. The molecule has 2 aliphatic carbocycles. The maximum Gasteiger partial charge on any atom is 0.307 e. The molecule has 0 radical (unpaired) electrons. The highest BCUT2D eigenvalue weighted by Gasteiger charge is 2.44. The largest absolute Gasteiger partial charge is 0.469 e. The summed E-state index contributed by atoms with van der Waals surface area (Å²) in [6.07, 6.45) is 9.46. The molecule has 6 heteroatoms. The minimum absolute atomic E-state index is 0.218. The van der Waals surface area contributed by atoms with Crippen molar-refractivity contribution in [2.75, 3.05) is 13.7 Å². The highest BCUT2D eigenvalue weighted by Crippen LogP contribution is 2.47. The van der Waals surface area contributed by atoms with Gasteiger partial charge in [-0.25, -0.2) is 0 Å². The summed E-state index contributed by atoms with van der Waals surface area (Å²) in [5.74, 6) is 0.721. The molecular weight excluding hydrogens is 334 g/mol. The molecule has 1 unspecified atom stereocenters. The van der Waals surface area contributed by atoms with Gasteiger partial charge in [0.25, 0.3) is 0 Å². The molecule has 1 fully saturated rings. The zero-order valence-corrected chi connectivity index (χ0v) is 16.2. The standard InChI is InChI=1S/C20H35NO5/c1-3-4-5-6-16(22)7-8-17-18-13-15(11-14(18)12-19(17)23)21-26-10-9-20(24)25-2/h13-14,16-19,21-23H,3-12H2,1-2H3/t14-,16?,17+,18-,19+/m1/s1. The number of rotatable bonds is 12. The van der Waals surface area contributed by atoms with E-state index in [1.807, 2.05) is 0 Å². The summed E-state index contributed by atoms with van der Waals surface area (Å²) in [6, 6.07) is 0. The number of unbranched alkanes of at least 4 members (excludes halogenated alkanes) is 2. The number of hydroxylamine groups is 1. The molecule has 26 heavy (non-hydrogen) atoms. The minimum Gasteiger partial charge on any atom is -0.469 e. The number of esters is 1. The zero-order valence-electron chi connectivity index (χ0n) is 16.2. The van der Waals surface area contributed by atoms with Crippen molar-refractivity contribution in [3.05, 3.63) is 11.8 Å². The van der Waals surface area contributed by atoms with Crippen molar-refractivity contribution < 1.29 is 24.6 Å². The fourth-order valence-corrected chi connectivity index (χ4v) is 4.31. The van der Waals surface area contributed by atoms with E-state index in [1.165, 1.54) is 20.0 Å². The number of hydrogen-bond acceptors (Lipinski definition) is 6. The van der Waals surface area contributed by atoms with Crippen LogP contribution in [0.3, 0.4) is 0 Å². The van der Waals surface area contributed by atoms with Gasteiger partial charge in [0.2, 0.25) is 0 Å². The number of hydrogen-bond donors (Lipinski definition) is 3. The lowest BCUT2D eigenvalue weighted by atomic mass is 9.87. The number of methoxy groups -OCH3 is 1. The van der Waals surface area contributed by atoms with Gasteiger partial charge in [-0.05, 0) is 49.9 Å². The molecule has 150 valence electrons. The Balaban J connectivity index is 1.73. The maximum absolute atomic E-state index is 11.1. The number of nitrogens with one attached hydrogen (secondary N) is 1. The monoisotopic (exact) mass is 369 g/mol. The summed E-state index contributed by atoms with van der Waals surface area (Å²) in [5.41, 5.74) is 3.98. The fraction of sp³-hybridized carbons (Fsp3) is 0.850. The third-order valence-corrected chi connectivity index (χ3v) is 5.77. The first-order valence-corrected chi connectivity index (χ1v) is 10.1. The fourth-order valence-electron chi connectivity index (χ4n) is 4.31. The van der Waals surface area contributed by atoms with Crippen molar-refractivity contribution in [3.63, 3.8) is 0 Å². The first kappa shape index (κ1) is 21.2. The molecular formula is C20H35NO5. The van der Waals surface area contributed by atoms with E-state index in [4.69, 9.17) is 4.84 Å². The molecule has 0 heterocycles. The van der Waals surface area contributed by atoms with Gasteiger partial charge in [-0.2, -0.15) is 0 Å². The number of carbonyl (C=O) groups excluding carboxylic acids is 1. The molecule has 0 aromatic carbocycles. The molecule has 2 aliphatic rings. The molecule has 0 aromatic heterocycles. The van der Waals surface area contributed by atoms with Crippen LogP contribution in [0.25, 0.3) is 0 Å². The van der Waals surface area contributed by atoms with E-state index in [0.29, 0.717) is 11.8 Å². The van der Waals surface area contributed by atoms with E-state index in [2.05, 4.69) is 23.2 Å². The molecule has 0 aromatic rings. The van der Waals surface area contributed by atoms with Gasteiger partial charge < -0.3 is 14.9 Å². The molecule has 0 bridgehead atoms. The predicted octanol–water partition coefficient (Wildman–Crippen LogP) is 2.69. The Kier molecular flexibility index (Phi) is 8.88. The Bertz CT molecular complexity index is 467. The van der Waals surface area contributed by atoms with Crippen molar-refractivity contribution in [1.82, 2.24) is 5.48 Å². The number of fused-ring (bicyclic) bond motifs is 1. The Labute approximate surface area is 156 Å². The van der Waals surface area contributed by atoms with Crippen LogP contribution in [0.2, 0.25) is 0 Å². The van der Waals surface area contributed by atoms with Gasteiger partial charge in [0.05, 0.1) is 32.3 Å². The van der Waals surface area contributed by atoms with Crippen LogP contribution < -0.4 is 5.48 Å². The molecule has 1 saturated carbocycles. The van der Waals surface area contributed by atoms with Gasteiger partial charge in [0.15, 0.2) is 0 Å². The minimum atomic E-state index is -0.287. The van der Waals surface area contributed by atoms with Crippen LogP contribution in [-0.4, -0.2) is 42.1 Å². The maximum atomic E-state index is 11.1. The van der Waals surface area contributed by atoms with Crippen molar-refractivity contribution in [2.24, 2.45) is 17.8 Å². The SMILES string of the molecule is CCCCCC(O)CC[C@H]1[C@@H]2C=C(NOCCC(=O)OC)C[C@@H]2C[C@@H]1O. The highest BCUT2D eigenvalue weighted by atomic mass is 16.6.